The van der Waals surface area contributed by atoms with Gasteiger partial charge in [-0.15, -0.1) is 11.3 Å². The van der Waals surface area contributed by atoms with Crippen molar-refractivity contribution in [3.8, 4) is 56.4 Å². The fraction of sp³-hybridized carbons (Fsp3) is 0. The van der Waals surface area contributed by atoms with E-state index >= 15 is 0 Å². The predicted molar refractivity (Wildman–Crippen MR) is 225 cm³/mol. The molecule has 0 aliphatic heterocycles. The van der Waals surface area contributed by atoms with E-state index < -0.39 is 54.4 Å². The summed E-state index contributed by atoms with van der Waals surface area (Å²) in [6, 6.07) is 35.8. The SMILES string of the molecule is [2H]c1c([2H])c([2H])c2c(oc3c4c([2H])c([2H])c([2H])c([2H])c4c([2H])c([2H])c32)c1-c1nc(-c2ccc(-c3ccccc3)cc2)nc(-c2ccc3c(c2)sc2cccc(-c4ccccc4)c23)n1. The van der Waals surface area contributed by atoms with Crippen molar-refractivity contribution in [1.29, 1.82) is 0 Å². The highest BCUT2D eigenvalue weighted by Gasteiger charge is 2.20. The topological polar surface area (TPSA) is 51.8 Å². The zero-order chi connectivity index (χ0) is 43.4. The van der Waals surface area contributed by atoms with Gasteiger partial charge in [0.05, 0.1) is 17.9 Å². The number of aromatic nitrogens is 3. The normalized spacial score (nSPS) is 14.0. The highest BCUT2D eigenvalue weighted by molar-refractivity contribution is 7.26. The van der Waals surface area contributed by atoms with Crippen molar-refractivity contribution >= 4 is 64.2 Å². The average Bonchev–Trinajstić information content (AvgIpc) is 3.90. The number of thiophene rings is 1. The van der Waals surface area contributed by atoms with Crippen LogP contribution in [0.2, 0.25) is 0 Å². The second-order valence-corrected chi connectivity index (χ2v) is 14.0. The Morgan fingerprint density at radius 1 is 0.426 bits per heavy atom. The molecule has 0 N–H and O–H groups in total. The highest BCUT2D eigenvalue weighted by Crippen LogP contribution is 2.42. The van der Waals surface area contributed by atoms with Crippen molar-refractivity contribution in [3.05, 3.63) is 176 Å². The fourth-order valence-corrected chi connectivity index (χ4v) is 8.28. The van der Waals surface area contributed by atoms with E-state index in [4.69, 9.17) is 30.3 Å². The zero-order valence-electron chi connectivity index (χ0n) is 37.2. The molecule has 0 aliphatic carbocycles. The summed E-state index contributed by atoms with van der Waals surface area (Å²) >= 11 is 1.65. The Labute approximate surface area is 327 Å². The van der Waals surface area contributed by atoms with E-state index in [-0.39, 0.29) is 55.7 Å². The van der Waals surface area contributed by atoms with E-state index in [2.05, 4.69) is 36.4 Å². The van der Waals surface area contributed by atoms with Crippen LogP contribution in [0, 0.1) is 0 Å². The Balaban J connectivity index is 1.18. The maximum atomic E-state index is 9.29. The molecule has 0 spiro atoms. The van der Waals surface area contributed by atoms with Gasteiger partial charge in [-0.1, -0.05) is 151 Å². The fourth-order valence-electron chi connectivity index (χ4n) is 7.11. The molecular formula is C49H29N3OS. The lowest BCUT2D eigenvalue weighted by atomic mass is 9.99. The molecule has 8 aromatic carbocycles. The summed E-state index contributed by atoms with van der Waals surface area (Å²) in [7, 11) is 0. The van der Waals surface area contributed by atoms with Crippen LogP contribution in [0.4, 0.5) is 0 Å². The molecule has 5 heteroatoms. The summed E-state index contributed by atoms with van der Waals surface area (Å²) in [5.74, 6) is 0.484. The third kappa shape index (κ3) is 5.01. The molecule has 0 radical (unpaired) electrons. The van der Waals surface area contributed by atoms with Gasteiger partial charge in [0.2, 0.25) is 0 Å². The van der Waals surface area contributed by atoms with Gasteiger partial charge in [0.15, 0.2) is 17.5 Å². The van der Waals surface area contributed by atoms with Gasteiger partial charge in [-0.2, -0.15) is 0 Å². The molecule has 0 unspecified atom stereocenters. The molecule has 0 bridgehead atoms. The first kappa shape index (κ1) is 22.9. The van der Waals surface area contributed by atoms with Crippen molar-refractivity contribution in [2.24, 2.45) is 0 Å². The van der Waals surface area contributed by atoms with Gasteiger partial charge in [0.25, 0.3) is 0 Å². The van der Waals surface area contributed by atoms with Crippen LogP contribution in [0.25, 0.3) is 109 Å². The second kappa shape index (κ2) is 12.3. The van der Waals surface area contributed by atoms with Crippen LogP contribution in [-0.2, 0) is 0 Å². The molecule has 3 aromatic heterocycles. The first-order valence-electron chi connectivity index (χ1n) is 21.8. The van der Waals surface area contributed by atoms with Gasteiger partial charge in [-0.05, 0) is 51.9 Å². The Hall–Kier alpha value is -6.95. The molecule has 0 saturated heterocycles. The minimum Gasteiger partial charge on any atom is -0.455 e. The average molecular weight is 717 g/mol. The monoisotopic (exact) mass is 716 g/mol. The number of benzene rings is 8. The molecule has 0 atom stereocenters. The van der Waals surface area contributed by atoms with E-state index in [1.807, 2.05) is 84.9 Å². The van der Waals surface area contributed by atoms with E-state index in [0.717, 1.165) is 42.4 Å². The minimum atomic E-state index is -0.563. The highest BCUT2D eigenvalue weighted by atomic mass is 32.1. The quantitative estimate of drug-likeness (QED) is 0.178. The summed E-state index contributed by atoms with van der Waals surface area (Å²) in [4.78, 5) is 14.9. The number of para-hydroxylation sites is 1. The molecule has 11 aromatic rings. The van der Waals surface area contributed by atoms with E-state index in [1.165, 1.54) is 0 Å². The molecule has 252 valence electrons. The van der Waals surface area contributed by atoms with E-state index in [1.54, 1.807) is 11.3 Å². The van der Waals surface area contributed by atoms with E-state index in [0.29, 0.717) is 11.1 Å². The molecule has 54 heavy (non-hydrogen) atoms. The van der Waals surface area contributed by atoms with E-state index in [9.17, 15) is 1.37 Å². The summed E-state index contributed by atoms with van der Waals surface area (Å²) in [5.41, 5.74) is 5.18. The van der Waals surface area contributed by atoms with Crippen molar-refractivity contribution in [2.45, 2.75) is 0 Å². The lowest BCUT2D eigenvalue weighted by Gasteiger charge is -2.10. The predicted octanol–water partition coefficient (Wildman–Crippen LogP) is 13.6. The Morgan fingerprint density at radius 3 is 1.93 bits per heavy atom. The number of hydrogen-bond donors (Lipinski definition) is 0. The first-order chi connectivity index (χ1) is 30.5. The van der Waals surface area contributed by atoms with Gasteiger partial charge < -0.3 is 4.42 Å². The third-order valence-electron chi connectivity index (χ3n) is 9.69. The van der Waals surface area contributed by atoms with Crippen molar-refractivity contribution < 1.29 is 16.8 Å². The number of nitrogens with zero attached hydrogens (tertiary/aromatic N) is 3. The number of hydrogen-bond acceptors (Lipinski definition) is 5. The zero-order valence-corrected chi connectivity index (χ0v) is 29.0. The lowest BCUT2D eigenvalue weighted by molar-refractivity contribution is 0.673. The van der Waals surface area contributed by atoms with Crippen LogP contribution in [-0.4, -0.2) is 15.0 Å². The molecule has 0 aliphatic rings. The summed E-state index contributed by atoms with van der Waals surface area (Å²) in [5, 5.41) is 1.71. The molecule has 4 nitrogen and oxygen atoms in total. The molecule has 0 fully saturated rings. The Bertz CT molecular complexity index is 3730. The van der Waals surface area contributed by atoms with Crippen LogP contribution >= 0.6 is 11.3 Å². The van der Waals surface area contributed by atoms with Crippen LogP contribution < -0.4 is 0 Å². The van der Waals surface area contributed by atoms with Gasteiger partial charge in [-0.25, -0.2) is 15.0 Å². The van der Waals surface area contributed by atoms with Crippen molar-refractivity contribution in [2.75, 3.05) is 0 Å². The summed E-state index contributed by atoms with van der Waals surface area (Å²) in [6.07, 6.45) is 0. The van der Waals surface area contributed by atoms with Crippen LogP contribution in [0.3, 0.4) is 0 Å². The molecule has 3 heterocycles. The number of fused-ring (bicyclic) bond motifs is 8. The first-order valence-corrected chi connectivity index (χ1v) is 18.1. The Morgan fingerprint density at radius 2 is 1.09 bits per heavy atom. The molecule has 0 amide bonds. The molecule has 11 rings (SSSR count). The van der Waals surface area contributed by atoms with Crippen molar-refractivity contribution in [3.63, 3.8) is 0 Å². The number of furan rings is 1. The smallest absolute Gasteiger partial charge is 0.167 e. The Kier molecular flexibility index (Phi) is 5.22. The van der Waals surface area contributed by atoms with Crippen LogP contribution in [0.1, 0.15) is 12.3 Å². The maximum absolute atomic E-state index is 9.29. The van der Waals surface area contributed by atoms with Gasteiger partial charge >= 0.3 is 0 Å². The second-order valence-electron chi connectivity index (χ2n) is 12.9. The van der Waals surface area contributed by atoms with Crippen molar-refractivity contribution in [1.82, 2.24) is 15.0 Å². The van der Waals surface area contributed by atoms with Gasteiger partial charge in [-0.3, -0.25) is 0 Å². The third-order valence-corrected chi connectivity index (χ3v) is 10.8. The maximum Gasteiger partial charge on any atom is 0.167 e. The molecular weight excluding hydrogens is 679 g/mol. The summed E-state index contributed by atoms with van der Waals surface area (Å²) in [6.45, 7) is 0. The van der Waals surface area contributed by atoms with Crippen LogP contribution in [0.15, 0.2) is 180 Å². The van der Waals surface area contributed by atoms with Gasteiger partial charge in [0.1, 0.15) is 11.2 Å². The minimum absolute atomic E-state index is 0.0451. The molecule has 0 saturated carbocycles. The summed E-state index contributed by atoms with van der Waals surface area (Å²) < 4.78 is 88.0. The van der Waals surface area contributed by atoms with Crippen LogP contribution in [0.5, 0.6) is 0 Å². The lowest BCUT2D eigenvalue weighted by Crippen LogP contribution is -2.00. The largest absolute Gasteiger partial charge is 0.455 e. The number of rotatable bonds is 5. The van der Waals surface area contributed by atoms with Gasteiger partial charge in [0, 0.05) is 47.5 Å². The standard InChI is InChI=1S/C49H29N3OS/c1-3-11-30(12-4-1)31-21-23-34(24-22-31)47-50-48(35-26-28-40-43(29-35)54-42-20-10-17-36(44(40)42)32-13-5-2-6-14-32)52-49(51-47)41-19-9-18-38-39-27-25-33-15-7-8-16-37(33)45(39)53-46(38)41/h1-29H/i7D,8D,9D,15D,16D,18D,19D,25D,27D.